The van der Waals surface area contributed by atoms with Crippen LogP contribution in [0, 0.1) is 5.92 Å². The van der Waals surface area contributed by atoms with Crippen LogP contribution < -0.4 is 5.32 Å². The van der Waals surface area contributed by atoms with Crippen LogP contribution in [0.25, 0.3) is 0 Å². The molecule has 1 saturated heterocycles. The minimum Gasteiger partial charge on any atom is -0.481 e. The Balaban J connectivity index is 0.00000225. The van der Waals surface area contributed by atoms with Crippen LogP contribution in [-0.4, -0.2) is 36.0 Å². The predicted molar refractivity (Wildman–Crippen MR) is 102 cm³/mol. The third kappa shape index (κ3) is 5.29. The first-order valence-electron chi connectivity index (χ1n) is 7.99. The highest BCUT2D eigenvalue weighted by atomic mass is 35.5. The molecule has 0 saturated carbocycles. The first kappa shape index (κ1) is 19.4. The molecule has 1 aliphatic heterocycles. The number of carboxylic acid groups (broad SMARTS) is 1. The number of piperidine rings is 1. The van der Waals surface area contributed by atoms with E-state index in [-0.39, 0.29) is 24.4 Å². The molecule has 3 rings (SSSR count). The lowest BCUT2D eigenvalue weighted by Gasteiger charge is -2.26. The minimum absolute atomic E-state index is 0. The van der Waals surface area contributed by atoms with Gasteiger partial charge in [-0.1, -0.05) is 41.6 Å². The lowest BCUT2D eigenvalue weighted by atomic mass is 9.95. The maximum Gasteiger partial charge on any atom is 0.307 e. The Morgan fingerprint density at radius 3 is 2.64 bits per heavy atom. The van der Waals surface area contributed by atoms with Crippen molar-refractivity contribution in [2.75, 3.05) is 13.2 Å². The molecule has 134 valence electrons. The summed E-state index contributed by atoms with van der Waals surface area (Å²) < 4.78 is 0. The summed E-state index contributed by atoms with van der Waals surface area (Å²) in [5.41, 5.74) is 1.84. The number of benzene rings is 1. The molecule has 1 aliphatic rings. The summed E-state index contributed by atoms with van der Waals surface area (Å²) in [4.78, 5) is 17.6. The van der Waals surface area contributed by atoms with Crippen molar-refractivity contribution in [3.05, 3.63) is 58.3 Å². The molecule has 7 heteroatoms. The van der Waals surface area contributed by atoms with Gasteiger partial charge in [-0.25, -0.2) is 0 Å². The average molecular weight is 381 g/mol. The van der Waals surface area contributed by atoms with Gasteiger partial charge in [0.1, 0.15) is 12.3 Å². The Bertz CT molecular complexity index is 684. The molecular weight excluding hydrogens is 360 g/mol. The summed E-state index contributed by atoms with van der Waals surface area (Å²) in [6, 6.07) is 14.1. The molecule has 2 heterocycles. The van der Waals surface area contributed by atoms with Crippen molar-refractivity contribution >= 4 is 35.4 Å². The summed E-state index contributed by atoms with van der Waals surface area (Å²) in [6.07, 6.45) is 1.46. The minimum atomic E-state index is -0.732. The van der Waals surface area contributed by atoms with E-state index in [2.05, 4.69) is 10.5 Å². The fraction of sp³-hybridized carbons (Fsp3) is 0.333. The van der Waals surface area contributed by atoms with Crippen molar-refractivity contribution < 1.29 is 14.7 Å². The van der Waals surface area contributed by atoms with E-state index in [1.807, 2.05) is 47.8 Å². The number of nitrogens with one attached hydrogen (secondary N) is 1. The molecule has 0 bridgehead atoms. The Kier molecular flexibility index (Phi) is 7.43. The van der Waals surface area contributed by atoms with Gasteiger partial charge in [0.15, 0.2) is 0 Å². The molecule has 0 radical (unpaired) electrons. The van der Waals surface area contributed by atoms with E-state index in [0.717, 1.165) is 22.6 Å². The molecule has 0 unspecified atom stereocenters. The first-order valence-corrected chi connectivity index (χ1v) is 8.87. The normalized spacial score (nSPS) is 20.6. The summed E-state index contributed by atoms with van der Waals surface area (Å²) >= 11 is 1.62. The molecule has 5 nitrogen and oxygen atoms in total. The standard InChI is InChI=1S/C18H20N2O3S.ClH/c21-18(22)14-8-9-15(19-11-14)12-23-20-17(16-7-4-10-24-16)13-5-2-1-3-6-13;/h1-7,10,14-15,19H,8-9,11-12H2,(H,21,22);1H/b20-17-;/t14-,15-;/m1./s1. The van der Waals surface area contributed by atoms with Gasteiger partial charge in [0.25, 0.3) is 0 Å². The van der Waals surface area contributed by atoms with Gasteiger partial charge in [0.2, 0.25) is 0 Å². The molecule has 0 amide bonds. The number of thiophene rings is 1. The number of carbonyl (C=O) groups is 1. The zero-order valence-electron chi connectivity index (χ0n) is 13.6. The third-order valence-electron chi connectivity index (χ3n) is 4.10. The Hall–Kier alpha value is -1.89. The number of halogens is 1. The van der Waals surface area contributed by atoms with Gasteiger partial charge in [-0.2, -0.15) is 0 Å². The van der Waals surface area contributed by atoms with Crippen LogP contribution in [0.2, 0.25) is 0 Å². The van der Waals surface area contributed by atoms with Crippen molar-refractivity contribution in [1.82, 2.24) is 5.32 Å². The molecule has 1 fully saturated rings. The Morgan fingerprint density at radius 1 is 1.24 bits per heavy atom. The third-order valence-corrected chi connectivity index (χ3v) is 4.98. The molecule has 1 aromatic heterocycles. The van der Waals surface area contributed by atoms with Crippen molar-refractivity contribution in [3.63, 3.8) is 0 Å². The van der Waals surface area contributed by atoms with Crippen LogP contribution in [0.3, 0.4) is 0 Å². The molecule has 2 atom stereocenters. The second-order valence-electron chi connectivity index (χ2n) is 5.80. The van der Waals surface area contributed by atoms with Crippen LogP contribution in [0.1, 0.15) is 23.3 Å². The number of oxime groups is 1. The largest absolute Gasteiger partial charge is 0.481 e. The smallest absolute Gasteiger partial charge is 0.307 e. The van der Waals surface area contributed by atoms with Crippen molar-refractivity contribution in [2.24, 2.45) is 11.1 Å². The highest BCUT2D eigenvalue weighted by Gasteiger charge is 2.25. The lowest BCUT2D eigenvalue weighted by molar-refractivity contribution is -0.142. The highest BCUT2D eigenvalue weighted by molar-refractivity contribution is 7.12. The SMILES string of the molecule is Cl.O=C(O)[C@@H]1CC[C@H](CO/N=C(/c2ccccc2)c2cccs2)NC1. The van der Waals surface area contributed by atoms with E-state index >= 15 is 0 Å². The van der Waals surface area contributed by atoms with Gasteiger partial charge in [0.05, 0.1) is 10.8 Å². The van der Waals surface area contributed by atoms with Crippen molar-refractivity contribution in [1.29, 1.82) is 0 Å². The Morgan fingerprint density at radius 2 is 2.04 bits per heavy atom. The molecule has 0 spiro atoms. The van der Waals surface area contributed by atoms with E-state index in [1.54, 1.807) is 11.3 Å². The summed E-state index contributed by atoms with van der Waals surface area (Å²) in [6.45, 7) is 0.928. The number of rotatable bonds is 6. The second-order valence-corrected chi connectivity index (χ2v) is 6.74. The van der Waals surface area contributed by atoms with E-state index in [1.165, 1.54) is 0 Å². The molecule has 1 aromatic carbocycles. The quantitative estimate of drug-likeness (QED) is 0.595. The molecular formula is C18H21ClN2O3S. The fourth-order valence-corrected chi connectivity index (χ4v) is 3.44. The molecule has 0 aliphatic carbocycles. The zero-order valence-corrected chi connectivity index (χ0v) is 15.3. The van der Waals surface area contributed by atoms with Gasteiger partial charge in [-0.15, -0.1) is 23.7 Å². The van der Waals surface area contributed by atoms with Gasteiger partial charge < -0.3 is 15.3 Å². The molecule has 2 N–H and O–H groups in total. The molecule has 2 aromatic rings. The topological polar surface area (TPSA) is 70.9 Å². The number of aliphatic carboxylic acids is 1. The maximum atomic E-state index is 11.0. The zero-order chi connectivity index (χ0) is 16.8. The van der Waals surface area contributed by atoms with Crippen LogP contribution >= 0.6 is 23.7 Å². The van der Waals surface area contributed by atoms with Crippen molar-refractivity contribution in [3.8, 4) is 0 Å². The average Bonchev–Trinajstić information content (AvgIpc) is 3.14. The van der Waals surface area contributed by atoms with Crippen LogP contribution in [0.5, 0.6) is 0 Å². The second kappa shape index (κ2) is 9.56. The van der Waals surface area contributed by atoms with Crippen molar-refractivity contribution in [2.45, 2.75) is 18.9 Å². The van der Waals surface area contributed by atoms with Crippen LogP contribution in [0.15, 0.2) is 53.0 Å². The number of hydrogen-bond donors (Lipinski definition) is 2. The number of hydrogen-bond acceptors (Lipinski definition) is 5. The first-order chi connectivity index (χ1) is 11.7. The fourth-order valence-electron chi connectivity index (χ4n) is 2.71. The van der Waals surface area contributed by atoms with Gasteiger partial charge >= 0.3 is 5.97 Å². The monoisotopic (exact) mass is 380 g/mol. The highest BCUT2D eigenvalue weighted by Crippen LogP contribution is 2.18. The van der Waals surface area contributed by atoms with Gasteiger partial charge in [-0.3, -0.25) is 4.79 Å². The van der Waals surface area contributed by atoms with Gasteiger partial charge in [0, 0.05) is 18.2 Å². The van der Waals surface area contributed by atoms with E-state index in [4.69, 9.17) is 9.94 Å². The van der Waals surface area contributed by atoms with Crippen LogP contribution in [-0.2, 0) is 9.63 Å². The predicted octanol–water partition coefficient (Wildman–Crippen LogP) is 3.39. The Labute approximate surface area is 157 Å². The maximum absolute atomic E-state index is 11.0. The summed E-state index contributed by atoms with van der Waals surface area (Å²) in [7, 11) is 0. The number of nitrogens with zero attached hydrogens (tertiary/aromatic N) is 1. The summed E-state index contributed by atoms with van der Waals surface area (Å²) in [5, 5.41) is 18.6. The van der Waals surface area contributed by atoms with E-state index < -0.39 is 5.97 Å². The lowest BCUT2D eigenvalue weighted by Crippen LogP contribution is -2.43. The van der Waals surface area contributed by atoms with Crippen LogP contribution in [0.4, 0.5) is 0 Å². The summed E-state index contributed by atoms with van der Waals surface area (Å²) in [5.74, 6) is -1.03. The van der Waals surface area contributed by atoms with Gasteiger partial charge in [-0.05, 0) is 24.3 Å². The van der Waals surface area contributed by atoms with E-state index in [0.29, 0.717) is 19.6 Å². The number of carboxylic acids is 1. The molecule has 25 heavy (non-hydrogen) atoms. The van der Waals surface area contributed by atoms with E-state index in [9.17, 15) is 4.79 Å².